The van der Waals surface area contributed by atoms with Crippen LogP contribution in [0.1, 0.15) is 32.4 Å². The summed E-state index contributed by atoms with van der Waals surface area (Å²) in [5, 5.41) is 2.95. The minimum absolute atomic E-state index is 0.156. The molecule has 0 aliphatic heterocycles. The molecule has 1 aromatic rings. The van der Waals surface area contributed by atoms with E-state index in [0.717, 1.165) is 25.0 Å². The molecule has 0 aromatic carbocycles. The van der Waals surface area contributed by atoms with E-state index in [0.29, 0.717) is 6.54 Å². The largest absolute Gasteiger partial charge is 0.355 e. The summed E-state index contributed by atoms with van der Waals surface area (Å²) < 4.78 is 1.91. The second kappa shape index (κ2) is 6.30. The molecule has 1 amide bonds. The van der Waals surface area contributed by atoms with Gasteiger partial charge < -0.3 is 9.88 Å². The maximum absolute atomic E-state index is 11.7. The molecule has 0 spiro atoms. The van der Waals surface area contributed by atoms with Gasteiger partial charge in [-0.2, -0.15) is 0 Å². The highest BCUT2D eigenvalue weighted by Gasteiger charge is 2.12. The van der Waals surface area contributed by atoms with Crippen LogP contribution in [0.4, 0.5) is 0 Å². The summed E-state index contributed by atoms with van der Waals surface area (Å²) >= 11 is 0. The Morgan fingerprint density at radius 1 is 1.50 bits per heavy atom. The van der Waals surface area contributed by atoms with E-state index in [1.54, 1.807) is 6.33 Å². The number of rotatable bonds is 6. The van der Waals surface area contributed by atoms with E-state index in [2.05, 4.69) is 10.3 Å². The molecule has 1 aromatic heterocycles. The molecule has 0 aliphatic rings. The lowest BCUT2D eigenvalue weighted by atomic mass is 10.0. The van der Waals surface area contributed by atoms with Gasteiger partial charge in [-0.3, -0.25) is 4.79 Å². The molecule has 1 N–H and O–H groups in total. The second-order valence-electron chi connectivity index (χ2n) is 4.08. The van der Waals surface area contributed by atoms with Crippen LogP contribution in [0, 0.1) is 5.92 Å². The summed E-state index contributed by atoms with van der Waals surface area (Å²) in [6.07, 6.45) is 6.37. The van der Waals surface area contributed by atoms with Crippen molar-refractivity contribution in [1.82, 2.24) is 14.9 Å². The fourth-order valence-corrected chi connectivity index (χ4v) is 1.71. The van der Waals surface area contributed by atoms with Crippen molar-refractivity contribution in [1.29, 1.82) is 0 Å². The third-order valence-electron chi connectivity index (χ3n) is 2.80. The molecule has 4 heteroatoms. The van der Waals surface area contributed by atoms with Gasteiger partial charge in [-0.1, -0.05) is 13.8 Å². The summed E-state index contributed by atoms with van der Waals surface area (Å²) in [5.74, 6) is 0.324. The lowest BCUT2D eigenvalue weighted by molar-refractivity contribution is -0.125. The zero-order valence-electron chi connectivity index (χ0n) is 10.4. The number of imidazole rings is 1. The smallest absolute Gasteiger partial charge is 0.223 e. The predicted octanol–water partition coefficient (Wildman–Crippen LogP) is 1.51. The highest BCUT2D eigenvalue weighted by molar-refractivity contribution is 5.78. The van der Waals surface area contributed by atoms with Crippen LogP contribution >= 0.6 is 0 Å². The Balaban J connectivity index is 2.27. The molecule has 90 valence electrons. The minimum atomic E-state index is 0.156. The Kier molecular flexibility index (Phi) is 5.02. The van der Waals surface area contributed by atoms with Crippen molar-refractivity contribution in [3.8, 4) is 0 Å². The van der Waals surface area contributed by atoms with E-state index in [-0.39, 0.29) is 11.8 Å². The molecule has 0 unspecified atom stereocenters. The molecule has 1 rings (SSSR count). The number of hydrogen-bond acceptors (Lipinski definition) is 2. The quantitative estimate of drug-likeness (QED) is 0.794. The first kappa shape index (κ1) is 12.7. The summed E-state index contributed by atoms with van der Waals surface area (Å²) in [6, 6.07) is 0. The number of amides is 1. The normalized spacial score (nSPS) is 10.8. The standard InChI is InChI=1S/C12H21N3O/c1-4-10(5-2)12(16)13-7-6-11-8-15(3)9-14-11/h8-10H,4-7H2,1-3H3,(H,13,16). The maximum Gasteiger partial charge on any atom is 0.223 e. The van der Waals surface area contributed by atoms with Gasteiger partial charge in [0.05, 0.1) is 12.0 Å². The lowest BCUT2D eigenvalue weighted by Crippen LogP contribution is -2.31. The number of aryl methyl sites for hydroxylation is 1. The van der Waals surface area contributed by atoms with Gasteiger partial charge in [0.1, 0.15) is 0 Å². The molecule has 0 saturated carbocycles. The van der Waals surface area contributed by atoms with Gasteiger partial charge in [0.25, 0.3) is 0 Å². The van der Waals surface area contributed by atoms with Crippen LogP contribution in [0.5, 0.6) is 0 Å². The Bertz CT molecular complexity index is 329. The van der Waals surface area contributed by atoms with E-state index >= 15 is 0 Å². The Hall–Kier alpha value is -1.32. The van der Waals surface area contributed by atoms with E-state index in [4.69, 9.17) is 0 Å². The predicted molar refractivity (Wildman–Crippen MR) is 64.0 cm³/mol. The molecule has 4 nitrogen and oxygen atoms in total. The first-order valence-electron chi connectivity index (χ1n) is 5.91. The average molecular weight is 223 g/mol. The van der Waals surface area contributed by atoms with Crippen molar-refractivity contribution < 1.29 is 4.79 Å². The van der Waals surface area contributed by atoms with Gasteiger partial charge in [-0.25, -0.2) is 4.98 Å². The lowest BCUT2D eigenvalue weighted by Gasteiger charge is -2.11. The molecule has 0 fully saturated rings. The van der Waals surface area contributed by atoms with Crippen LogP contribution in [0.15, 0.2) is 12.5 Å². The zero-order chi connectivity index (χ0) is 12.0. The highest BCUT2D eigenvalue weighted by Crippen LogP contribution is 2.06. The summed E-state index contributed by atoms with van der Waals surface area (Å²) in [6.45, 7) is 4.77. The van der Waals surface area contributed by atoms with Crippen molar-refractivity contribution in [2.24, 2.45) is 13.0 Å². The van der Waals surface area contributed by atoms with Crippen molar-refractivity contribution in [2.75, 3.05) is 6.54 Å². The number of aromatic nitrogens is 2. The third kappa shape index (κ3) is 3.68. The van der Waals surface area contributed by atoms with E-state index in [9.17, 15) is 4.79 Å². The number of hydrogen-bond donors (Lipinski definition) is 1. The van der Waals surface area contributed by atoms with Gasteiger partial charge >= 0.3 is 0 Å². The van der Waals surface area contributed by atoms with Crippen LogP contribution in [0.3, 0.4) is 0 Å². The van der Waals surface area contributed by atoms with Gasteiger partial charge in [-0.05, 0) is 12.8 Å². The average Bonchev–Trinajstić information content (AvgIpc) is 2.66. The Morgan fingerprint density at radius 2 is 2.19 bits per heavy atom. The number of nitrogens with zero attached hydrogens (tertiary/aromatic N) is 2. The topological polar surface area (TPSA) is 46.9 Å². The molecule has 1 heterocycles. The highest BCUT2D eigenvalue weighted by atomic mass is 16.1. The van der Waals surface area contributed by atoms with Gasteiger partial charge in [-0.15, -0.1) is 0 Å². The molecule has 0 radical (unpaired) electrons. The molecule has 0 atom stereocenters. The van der Waals surface area contributed by atoms with Gasteiger partial charge in [0, 0.05) is 32.1 Å². The van der Waals surface area contributed by atoms with E-state index in [1.165, 1.54) is 0 Å². The van der Waals surface area contributed by atoms with E-state index in [1.807, 2.05) is 31.7 Å². The van der Waals surface area contributed by atoms with Crippen LogP contribution in [-0.4, -0.2) is 22.0 Å². The van der Waals surface area contributed by atoms with Crippen LogP contribution in [-0.2, 0) is 18.3 Å². The molecule has 0 saturated heterocycles. The fraction of sp³-hybridized carbons (Fsp3) is 0.667. The summed E-state index contributed by atoms with van der Waals surface area (Å²) in [4.78, 5) is 15.9. The fourth-order valence-electron chi connectivity index (χ4n) is 1.71. The Labute approximate surface area is 97.1 Å². The second-order valence-corrected chi connectivity index (χ2v) is 4.08. The van der Waals surface area contributed by atoms with Gasteiger partial charge in [0.15, 0.2) is 0 Å². The minimum Gasteiger partial charge on any atom is -0.355 e. The summed E-state index contributed by atoms with van der Waals surface area (Å²) in [7, 11) is 1.94. The molecule has 0 aliphatic carbocycles. The van der Waals surface area contributed by atoms with Crippen LogP contribution in [0.25, 0.3) is 0 Å². The zero-order valence-corrected chi connectivity index (χ0v) is 10.4. The summed E-state index contributed by atoms with van der Waals surface area (Å²) in [5.41, 5.74) is 1.02. The van der Waals surface area contributed by atoms with Crippen molar-refractivity contribution >= 4 is 5.91 Å². The van der Waals surface area contributed by atoms with Gasteiger partial charge in [0.2, 0.25) is 5.91 Å². The maximum atomic E-state index is 11.7. The first-order valence-corrected chi connectivity index (χ1v) is 5.91. The van der Waals surface area contributed by atoms with Crippen molar-refractivity contribution in [3.63, 3.8) is 0 Å². The third-order valence-corrected chi connectivity index (χ3v) is 2.80. The van der Waals surface area contributed by atoms with E-state index < -0.39 is 0 Å². The Morgan fingerprint density at radius 3 is 2.69 bits per heavy atom. The van der Waals surface area contributed by atoms with Crippen molar-refractivity contribution in [3.05, 3.63) is 18.2 Å². The molecule has 0 bridgehead atoms. The molecular formula is C12H21N3O. The van der Waals surface area contributed by atoms with Crippen LogP contribution in [0.2, 0.25) is 0 Å². The first-order chi connectivity index (χ1) is 7.67. The number of carbonyl (C=O) groups is 1. The molecular weight excluding hydrogens is 202 g/mol. The van der Waals surface area contributed by atoms with Crippen molar-refractivity contribution in [2.45, 2.75) is 33.1 Å². The molecule has 16 heavy (non-hydrogen) atoms. The van der Waals surface area contributed by atoms with Crippen LogP contribution < -0.4 is 5.32 Å². The SMILES string of the molecule is CCC(CC)C(=O)NCCc1cn(C)cn1. The number of carbonyl (C=O) groups excluding carboxylic acids is 1. The monoisotopic (exact) mass is 223 g/mol. The number of nitrogens with one attached hydrogen (secondary N) is 1.